The Morgan fingerprint density at radius 3 is 2.22 bits per heavy atom. The van der Waals surface area contributed by atoms with Gasteiger partial charge in [-0.2, -0.15) is 0 Å². The van der Waals surface area contributed by atoms with Crippen molar-refractivity contribution < 1.29 is 13.9 Å². The van der Waals surface area contributed by atoms with E-state index in [0.717, 1.165) is 22.3 Å². The first kappa shape index (κ1) is 24.1. The molecule has 0 N–H and O–H groups in total. The average molecular weight is 502 g/mol. The lowest BCUT2D eigenvalue weighted by Gasteiger charge is -2.26. The Morgan fingerprint density at radius 2 is 1.61 bits per heavy atom. The van der Waals surface area contributed by atoms with E-state index < -0.39 is 6.04 Å². The summed E-state index contributed by atoms with van der Waals surface area (Å²) in [6.07, 6.45) is 0. The lowest BCUT2D eigenvalue weighted by Crippen LogP contribution is -2.29. The van der Waals surface area contributed by atoms with Crippen molar-refractivity contribution in [2.45, 2.75) is 46.1 Å². The molecule has 0 bridgehead atoms. The first-order chi connectivity index (χ1) is 17.0. The minimum atomic E-state index is -0.659. The number of methoxy groups -OCH3 is 1. The number of fused-ring (bicyclic) bond motifs is 2. The molecular formula is C30H28ClNO4. The van der Waals surface area contributed by atoms with Crippen LogP contribution in [0.25, 0.3) is 11.0 Å². The summed E-state index contributed by atoms with van der Waals surface area (Å²) in [6.45, 7) is 10.4. The molecule has 4 aromatic rings. The van der Waals surface area contributed by atoms with E-state index in [-0.39, 0.29) is 22.5 Å². The van der Waals surface area contributed by atoms with E-state index in [0.29, 0.717) is 33.0 Å². The Kier molecular flexibility index (Phi) is 5.72. The van der Waals surface area contributed by atoms with Crippen LogP contribution >= 0.6 is 11.6 Å². The van der Waals surface area contributed by atoms with Gasteiger partial charge in [0.15, 0.2) is 5.43 Å². The Labute approximate surface area is 215 Å². The first-order valence-corrected chi connectivity index (χ1v) is 12.2. The van der Waals surface area contributed by atoms with Crippen LogP contribution in [0.5, 0.6) is 5.75 Å². The maximum Gasteiger partial charge on any atom is 0.295 e. The molecule has 5 rings (SSSR count). The molecule has 5 nitrogen and oxygen atoms in total. The second kappa shape index (κ2) is 8.52. The predicted octanol–water partition coefficient (Wildman–Crippen LogP) is 7.12. The van der Waals surface area contributed by atoms with Crippen molar-refractivity contribution >= 4 is 34.2 Å². The van der Waals surface area contributed by atoms with E-state index >= 15 is 0 Å². The summed E-state index contributed by atoms with van der Waals surface area (Å²) in [6, 6.07) is 16.2. The molecule has 184 valence electrons. The van der Waals surface area contributed by atoms with Crippen LogP contribution in [0.15, 0.2) is 63.8 Å². The molecule has 1 atom stereocenters. The van der Waals surface area contributed by atoms with Crippen molar-refractivity contribution in [3.05, 3.63) is 103 Å². The van der Waals surface area contributed by atoms with Crippen molar-refractivity contribution in [3.8, 4) is 5.75 Å². The van der Waals surface area contributed by atoms with Gasteiger partial charge in [-0.15, -0.1) is 0 Å². The van der Waals surface area contributed by atoms with Crippen LogP contribution in [0.3, 0.4) is 0 Å². The standard InChI is InChI=1S/C30H28ClNO4/c1-16-13-21-24(14-17(16)2)36-28-25(27(21)33)26(18-7-9-19(10-8-18)30(3,4)5)32(29(28)34)20-11-12-23(35-6)22(31)15-20/h7-15,26H,1-6H3. The number of rotatable bonds is 3. The van der Waals surface area contributed by atoms with E-state index in [1.165, 1.54) is 7.11 Å². The van der Waals surface area contributed by atoms with Gasteiger partial charge in [0.05, 0.1) is 29.1 Å². The van der Waals surface area contributed by atoms with Crippen LogP contribution in [0, 0.1) is 13.8 Å². The second-order valence-corrected chi connectivity index (χ2v) is 10.8. The number of halogens is 1. The van der Waals surface area contributed by atoms with Gasteiger partial charge in [-0.1, -0.05) is 56.6 Å². The van der Waals surface area contributed by atoms with Gasteiger partial charge in [-0.05, 0) is 71.8 Å². The number of carbonyl (C=O) groups excluding carboxylic acids is 1. The van der Waals surface area contributed by atoms with Gasteiger partial charge in [0.1, 0.15) is 11.3 Å². The number of aryl methyl sites for hydroxylation is 2. The van der Waals surface area contributed by atoms with E-state index in [1.807, 2.05) is 50.2 Å². The molecule has 6 heteroatoms. The largest absolute Gasteiger partial charge is 0.495 e. The third-order valence-electron chi connectivity index (χ3n) is 6.99. The number of nitrogens with zero attached hydrogens (tertiary/aromatic N) is 1. The molecule has 0 spiro atoms. The molecule has 0 aliphatic carbocycles. The lowest BCUT2D eigenvalue weighted by atomic mass is 9.85. The number of anilines is 1. The fraction of sp³-hybridized carbons (Fsp3) is 0.267. The fourth-order valence-corrected chi connectivity index (χ4v) is 5.03. The molecule has 1 unspecified atom stereocenters. The van der Waals surface area contributed by atoms with Crippen molar-refractivity contribution in [2.75, 3.05) is 12.0 Å². The van der Waals surface area contributed by atoms with Crippen molar-refractivity contribution in [2.24, 2.45) is 0 Å². The number of ether oxygens (including phenoxy) is 1. The van der Waals surface area contributed by atoms with Crippen LogP contribution < -0.4 is 15.1 Å². The highest BCUT2D eigenvalue weighted by atomic mass is 35.5. The van der Waals surface area contributed by atoms with Crippen LogP contribution in [0.1, 0.15) is 65.2 Å². The molecule has 1 aliphatic rings. The van der Waals surface area contributed by atoms with Crippen molar-refractivity contribution in [3.63, 3.8) is 0 Å². The summed E-state index contributed by atoms with van der Waals surface area (Å²) in [5.74, 6) is 0.183. The van der Waals surface area contributed by atoms with Gasteiger partial charge in [0.2, 0.25) is 5.76 Å². The summed E-state index contributed by atoms with van der Waals surface area (Å²) < 4.78 is 11.4. The maximum atomic E-state index is 13.9. The molecule has 36 heavy (non-hydrogen) atoms. The minimum Gasteiger partial charge on any atom is -0.495 e. The Balaban J connectivity index is 1.78. The normalized spacial score (nSPS) is 15.5. The van der Waals surface area contributed by atoms with Crippen LogP contribution in [0.2, 0.25) is 5.02 Å². The average Bonchev–Trinajstić information content (AvgIpc) is 3.12. The highest BCUT2D eigenvalue weighted by Gasteiger charge is 2.44. The number of hydrogen-bond donors (Lipinski definition) is 0. The SMILES string of the molecule is COc1ccc(N2C(=O)c3oc4cc(C)c(C)cc4c(=O)c3C2c2ccc(C(C)(C)C)cc2)cc1Cl. The quantitative estimate of drug-likeness (QED) is 0.300. The van der Waals surface area contributed by atoms with Crippen molar-refractivity contribution in [1.82, 2.24) is 0 Å². The minimum absolute atomic E-state index is 0.0320. The zero-order chi connectivity index (χ0) is 25.9. The summed E-state index contributed by atoms with van der Waals surface area (Å²) in [4.78, 5) is 29.3. The summed E-state index contributed by atoms with van der Waals surface area (Å²) in [5, 5.41) is 0.840. The van der Waals surface area contributed by atoms with E-state index in [2.05, 4.69) is 20.8 Å². The molecule has 1 amide bonds. The zero-order valence-corrected chi connectivity index (χ0v) is 22.0. The maximum absolute atomic E-state index is 13.9. The van der Waals surface area contributed by atoms with Gasteiger partial charge in [0, 0.05) is 5.69 Å². The topological polar surface area (TPSA) is 59.8 Å². The van der Waals surface area contributed by atoms with Gasteiger partial charge in [-0.3, -0.25) is 14.5 Å². The molecule has 1 aromatic heterocycles. The summed E-state index contributed by atoms with van der Waals surface area (Å²) in [7, 11) is 1.54. The third kappa shape index (κ3) is 3.79. The monoisotopic (exact) mass is 501 g/mol. The smallest absolute Gasteiger partial charge is 0.295 e. The molecule has 1 aliphatic heterocycles. The number of benzene rings is 3. The second-order valence-electron chi connectivity index (χ2n) is 10.4. The Bertz CT molecular complexity index is 1580. The molecule has 0 saturated carbocycles. The van der Waals surface area contributed by atoms with Gasteiger partial charge in [-0.25, -0.2) is 0 Å². The summed E-state index contributed by atoms with van der Waals surface area (Å²) >= 11 is 6.43. The highest BCUT2D eigenvalue weighted by Crippen LogP contribution is 2.43. The Morgan fingerprint density at radius 1 is 0.944 bits per heavy atom. The van der Waals surface area contributed by atoms with Crippen LogP contribution in [0.4, 0.5) is 5.69 Å². The molecule has 0 radical (unpaired) electrons. The van der Waals surface area contributed by atoms with E-state index in [9.17, 15) is 9.59 Å². The number of carbonyl (C=O) groups is 1. The molecule has 3 aromatic carbocycles. The number of hydrogen-bond acceptors (Lipinski definition) is 4. The summed E-state index contributed by atoms with van der Waals surface area (Å²) in [5.41, 5.74) is 5.03. The van der Waals surface area contributed by atoms with E-state index in [4.69, 9.17) is 20.8 Å². The number of amides is 1. The fourth-order valence-electron chi connectivity index (χ4n) is 4.78. The first-order valence-electron chi connectivity index (χ1n) is 11.9. The molecule has 2 heterocycles. The molecule has 0 saturated heterocycles. The van der Waals surface area contributed by atoms with Gasteiger partial charge >= 0.3 is 0 Å². The predicted molar refractivity (Wildman–Crippen MR) is 144 cm³/mol. The van der Waals surface area contributed by atoms with Gasteiger partial charge in [0.25, 0.3) is 5.91 Å². The third-order valence-corrected chi connectivity index (χ3v) is 7.29. The van der Waals surface area contributed by atoms with Gasteiger partial charge < -0.3 is 9.15 Å². The van der Waals surface area contributed by atoms with Crippen LogP contribution in [-0.2, 0) is 5.41 Å². The Hall–Kier alpha value is -3.57. The lowest BCUT2D eigenvalue weighted by molar-refractivity contribution is 0.0971. The molecule has 0 fully saturated rings. The zero-order valence-electron chi connectivity index (χ0n) is 21.2. The van der Waals surface area contributed by atoms with E-state index in [1.54, 1.807) is 23.1 Å². The highest BCUT2D eigenvalue weighted by molar-refractivity contribution is 6.32. The van der Waals surface area contributed by atoms with Crippen molar-refractivity contribution in [1.29, 1.82) is 0 Å². The van der Waals surface area contributed by atoms with Crippen LogP contribution in [-0.4, -0.2) is 13.0 Å². The molecular weight excluding hydrogens is 474 g/mol.